The number of imidazole rings is 1. The van der Waals surface area contributed by atoms with Crippen LogP contribution in [0, 0.1) is 0 Å². The average Bonchev–Trinajstić information content (AvgIpc) is 2.94. The smallest absolute Gasteiger partial charge is 0.204 e. The van der Waals surface area contributed by atoms with E-state index in [1.54, 1.807) is 0 Å². The number of aromatic nitrogens is 3. The summed E-state index contributed by atoms with van der Waals surface area (Å²) in [6.45, 7) is 2.87. The van der Waals surface area contributed by atoms with Gasteiger partial charge in [-0.05, 0) is 50.2 Å². The minimum atomic E-state index is 0. The number of fused-ring (bicyclic) bond motifs is 1. The van der Waals surface area contributed by atoms with E-state index in [4.69, 9.17) is 4.98 Å². The van der Waals surface area contributed by atoms with Crippen molar-refractivity contribution in [2.45, 2.75) is 25.4 Å². The number of pyridine rings is 1. The van der Waals surface area contributed by atoms with E-state index in [0.29, 0.717) is 6.04 Å². The second-order valence-electron chi connectivity index (χ2n) is 6.00. The molecular weight excluding hydrogens is 357 g/mol. The molecule has 3 heterocycles. The standard InChI is InChI=1S/C18H21N5.2ClH/c1-2-7-17-16(6-1)22-18(21-14-8-11-19-12-9-14)23(17)13-15-5-3-4-10-20-15;;/h1-7,10,14,19H,8-9,11-13H2,(H,21,22);2*1H. The maximum absolute atomic E-state index is 4.81. The summed E-state index contributed by atoms with van der Waals surface area (Å²) in [6, 6.07) is 14.8. The molecule has 0 aliphatic carbocycles. The number of anilines is 1. The molecule has 7 heteroatoms. The van der Waals surface area contributed by atoms with Crippen LogP contribution in [-0.2, 0) is 6.54 Å². The Hall–Kier alpha value is -1.82. The van der Waals surface area contributed by atoms with E-state index < -0.39 is 0 Å². The van der Waals surface area contributed by atoms with Gasteiger partial charge in [0.25, 0.3) is 0 Å². The highest BCUT2D eigenvalue weighted by atomic mass is 35.5. The molecule has 134 valence electrons. The van der Waals surface area contributed by atoms with Gasteiger partial charge in [0.1, 0.15) is 0 Å². The summed E-state index contributed by atoms with van der Waals surface area (Å²) in [5.41, 5.74) is 3.22. The zero-order valence-electron chi connectivity index (χ0n) is 13.9. The molecule has 3 aromatic rings. The van der Waals surface area contributed by atoms with Crippen LogP contribution in [0.2, 0.25) is 0 Å². The third-order valence-electron chi connectivity index (χ3n) is 4.37. The Bertz CT molecular complexity index is 785. The SMILES string of the molecule is Cl.Cl.c1ccc(Cn2c(NC3CCNCC3)nc3ccccc32)nc1. The van der Waals surface area contributed by atoms with Crippen LogP contribution in [0.4, 0.5) is 5.95 Å². The molecule has 1 aliphatic heterocycles. The second-order valence-corrected chi connectivity index (χ2v) is 6.00. The van der Waals surface area contributed by atoms with E-state index in [2.05, 4.69) is 44.5 Å². The maximum Gasteiger partial charge on any atom is 0.204 e. The lowest BCUT2D eigenvalue weighted by Gasteiger charge is -2.24. The Labute approximate surface area is 160 Å². The van der Waals surface area contributed by atoms with Crippen molar-refractivity contribution in [1.82, 2.24) is 19.9 Å². The first-order chi connectivity index (χ1) is 11.4. The summed E-state index contributed by atoms with van der Waals surface area (Å²) in [7, 11) is 0. The van der Waals surface area contributed by atoms with Crippen LogP contribution in [0.3, 0.4) is 0 Å². The van der Waals surface area contributed by atoms with E-state index in [1.807, 2.05) is 24.4 Å². The fraction of sp³-hybridized carbons (Fsp3) is 0.333. The van der Waals surface area contributed by atoms with Gasteiger partial charge >= 0.3 is 0 Å². The third-order valence-corrected chi connectivity index (χ3v) is 4.37. The first-order valence-electron chi connectivity index (χ1n) is 8.22. The number of para-hydroxylation sites is 2. The molecule has 1 aliphatic rings. The molecule has 1 fully saturated rings. The second kappa shape index (κ2) is 9.04. The summed E-state index contributed by atoms with van der Waals surface area (Å²) in [6.07, 6.45) is 4.11. The van der Waals surface area contributed by atoms with Gasteiger partial charge in [-0.25, -0.2) is 4.98 Å². The molecule has 0 saturated carbocycles. The first kappa shape index (κ1) is 19.5. The van der Waals surface area contributed by atoms with Crippen molar-refractivity contribution < 1.29 is 0 Å². The molecule has 25 heavy (non-hydrogen) atoms. The molecule has 0 unspecified atom stereocenters. The molecule has 2 aromatic heterocycles. The largest absolute Gasteiger partial charge is 0.353 e. The van der Waals surface area contributed by atoms with Gasteiger partial charge in [0.15, 0.2) is 0 Å². The maximum atomic E-state index is 4.81. The number of benzene rings is 1. The summed E-state index contributed by atoms with van der Waals surface area (Å²) in [5.74, 6) is 0.948. The number of rotatable bonds is 4. The van der Waals surface area contributed by atoms with Gasteiger partial charge < -0.3 is 15.2 Å². The number of nitrogens with zero attached hydrogens (tertiary/aromatic N) is 3. The number of piperidine rings is 1. The van der Waals surface area contributed by atoms with Gasteiger partial charge in [0, 0.05) is 12.2 Å². The molecule has 5 nitrogen and oxygen atoms in total. The van der Waals surface area contributed by atoms with Crippen LogP contribution in [0.5, 0.6) is 0 Å². The fourth-order valence-electron chi connectivity index (χ4n) is 3.15. The van der Waals surface area contributed by atoms with Crippen molar-refractivity contribution in [1.29, 1.82) is 0 Å². The molecule has 0 amide bonds. The predicted molar refractivity (Wildman–Crippen MR) is 107 cm³/mol. The normalized spacial score (nSPS) is 14.6. The molecule has 1 aromatic carbocycles. The van der Waals surface area contributed by atoms with Crippen molar-refractivity contribution in [3.63, 3.8) is 0 Å². The highest BCUT2D eigenvalue weighted by Gasteiger charge is 2.17. The van der Waals surface area contributed by atoms with Crippen molar-refractivity contribution in [3.8, 4) is 0 Å². The lowest BCUT2D eigenvalue weighted by Crippen LogP contribution is -2.36. The van der Waals surface area contributed by atoms with Crippen LogP contribution in [0.15, 0.2) is 48.7 Å². The molecule has 4 rings (SSSR count). The Morgan fingerprint density at radius 2 is 1.80 bits per heavy atom. The highest BCUT2D eigenvalue weighted by Crippen LogP contribution is 2.22. The van der Waals surface area contributed by atoms with Crippen LogP contribution < -0.4 is 10.6 Å². The van der Waals surface area contributed by atoms with Crippen LogP contribution in [-0.4, -0.2) is 33.7 Å². The quantitative estimate of drug-likeness (QED) is 0.728. The fourth-order valence-corrected chi connectivity index (χ4v) is 3.15. The Morgan fingerprint density at radius 3 is 2.56 bits per heavy atom. The van der Waals surface area contributed by atoms with Gasteiger partial charge in [-0.1, -0.05) is 18.2 Å². The summed E-state index contributed by atoms with van der Waals surface area (Å²) >= 11 is 0. The van der Waals surface area contributed by atoms with Gasteiger partial charge in [0.05, 0.1) is 23.3 Å². The molecule has 2 N–H and O–H groups in total. The van der Waals surface area contributed by atoms with Crippen molar-refractivity contribution in [2.75, 3.05) is 18.4 Å². The summed E-state index contributed by atoms with van der Waals surface area (Å²) in [4.78, 5) is 9.27. The highest BCUT2D eigenvalue weighted by molar-refractivity contribution is 5.85. The minimum absolute atomic E-state index is 0. The van der Waals surface area contributed by atoms with E-state index in [9.17, 15) is 0 Å². The van der Waals surface area contributed by atoms with Gasteiger partial charge in [-0.3, -0.25) is 4.98 Å². The summed E-state index contributed by atoms with van der Waals surface area (Å²) < 4.78 is 2.24. The Balaban J connectivity index is 0.00000113. The Morgan fingerprint density at radius 1 is 1.04 bits per heavy atom. The van der Waals surface area contributed by atoms with E-state index in [-0.39, 0.29) is 24.8 Å². The van der Waals surface area contributed by atoms with Crippen LogP contribution in [0.25, 0.3) is 11.0 Å². The van der Waals surface area contributed by atoms with E-state index in [0.717, 1.165) is 55.2 Å². The first-order valence-corrected chi connectivity index (χ1v) is 8.22. The van der Waals surface area contributed by atoms with E-state index in [1.165, 1.54) is 0 Å². The monoisotopic (exact) mass is 379 g/mol. The number of hydrogen-bond acceptors (Lipinski definition) is 4. The average molecular weight is 380 g/mol. The minimum Gasteiger partial charge on any atom is -0.353 e. The third kappa shape index (κ3) is 4.42. The molecule has 0 bridgehead atoms. The lowest BCUT2D eigenvalue weighted by atomic mass is 10.1. The topological polar surface area (TPSA) is 54.8 Å². The zero-order chi connectivity index (χ0) is 15.5. The summed E-state index contributed by atoms with van der Waals surface area (Å²) in [5, 5.41) is 7.05. The van der Waals surface area contributed by atoms with Crippen LogP contribution >= 0.6 is 24.8 Å². The molecular formula is C18H23Cl2N5. The van der Waals surface area contributed by atoms with Crippen molar-refractivity contribution in [2.24, 2.45) is 0 Å². The number of halogens is 2. The molecule has 1 saturated heterocycles. The lowest BCUT2D eigenvalue weighted by molar-refractivity contribution is 0.476. The van der Waals surface area contributed by atoms with Crippen LogP contribution in [0.1, 0.15) is 18.5 Å². The predicted octanol–water partition coefficient (Wildman–Crippen LogP) is 3.49. The molecule has 0 radical (unpaired) electrons. The zero-order valence-corrected chi connectivity index (χ0v) is 15.5. The van der Waals surface area contributed by atoms with Gasteiger partial charge in [0.2, 0.25) is 5.95 Å². The Kier molecular flexibility index (Phi) is 7.05. The van der Waals surface area contributed by atoms with Crippen molar-refractivity contribution >= 4 is 41.8 Å². The molecule has 0 atom stereocenters. The van der Waals surface area contributed by atoms with Crippen molar-refractivity contribution in [3.05, 3.63) is 54.4 Å². The van der Waals surface area contributed by atoms with Gasteiger partial charge in [-0.15, -0.1) is 24.8 Å². The number of nitrogens with one attached hydrogen (secondary N) is 2. The van der Waals surface area contributed by atoms with Gasteiger partial charge in [-0.2, -0.15) is 0 Å². The molecule has 0 spiro atoms. The van der Waals surface area contributed by atoms with E-state index >= 15 is 0 Å². The number of hydrogen-bond donors (Lipinski definition) is 2.